The molecule has 2 unspecified atom stereocenters. The van der Waals surface area contributed by atoms with E-state index in [9.17, 15) is 13.5 Å². The van der Waals surface area contributed by atoms with Crippen LogP contribution in [0.3, 0.4) is 0 Å². The van der Waals surface area contributed by atoms with Crippen molar-refractivity contribution >= 4 is 10.0 Å². The standard InChI is InChI=1S/C8H18N2O3S/c1-2-14(12,13)10-5-7-3-8(11)6-9-4-7/h7-11H,2-6H2,1H3. The molecule has 6 heteroatoms. The van der Waals surface area contributed by atoms with Gasteiger partial charge in [0, 0.05) is 13.1 Å². The molecule has 0 amide bonds. The van der Waals surface area contributed by atoms with Crippen LogP contribution < -0.4 is 10.0 Å². The summed E-state index contributed by atoms with van der Waals surface area (Å²) in [6.07, 6.45) is 0.319. The van der Waals surface area contributed by atoms with E-state index in [1.165, 1.54) is 0 Å². The molecule has 1 aliphatic heterocycles. The van der Waals surface area contributed by atoms with Gasteiger partial charge in [0.15, 0.2) is 0 Å². The topological polar surface area (TPSA) is 78.4 Å². The number of sulfonamides is 1. The van der Waals surface area contributed by atoms with Gasteiger partial charge < -0.3 is 10.4 Å². The monoisotopic (exact) mass is 222 g/mol. The van der Waals surface area contributed by atoms with Crippen molar-refractivity contribution in [2.75, 3.05) is 25.4 Å². The molecule has 1 fully saturated rings. The Morgan fingerprint density at radius 2 is 2.21 bits per heavy atom. The maximum Gasteiger partial charge on any atom is 0.211 e. The van der Waals surface area contributed by atoms with E-state index in [0.717, 1.165) is 6.54 Å². The molecular weight excluding hydrogens is 204 g/mol. The van der Waals surface area contributed by atoms with E-state index in [0.29, 0.717) is 19.5 Å². The number of rotatable bonds is 4. The molecule has 0 aliphatic carbocycles. The second-order valence-corrected chi connectivity index (χ2v) is 5.76. The van der Waals surface area contributed by atoms with Crippen LogP contribution in [-0.4, -0.2) is 45.0 Å². The summed E-state index contributed by atoms with van der Waals surface area (Å²) in [5.74, 6) is 0.301. The summed E-state index contributed by atoms with van der Waals surface area (Å²) in [4.78, 5) is 0. The maximum atomic E-state index is 11.1. The fourth-order valence-corrected chi connectivity index (χ4v) is 2.20. The molecule has 84 valence electrons. The van der Waals surface area contributed by atoms with Crippen molar-refractivity contribution in [3.63, 3.8) is 0 Å². The van der Waals surface area contributed by atoms with Gasteiger partial charge in [-0.2, -0.15) is 0 Å². The van der Waals surface area contributed by atoms with E-state index in [4.69, 9.17) is 0 Å². The zero-order valence-corrected chi connectivity index (χ0v) is 9.18. The summed E-state index contributed by atoms with van der Waals surface area (Å²) in [7, 11) is -3.10. The molecule has 1 heterocycles. The molecular formula is C8H18N2O3S. The SMILES string of the molecule is CCS(=O)(=O)NCC1CNCC(O)C1. The Hall–Kier alpha value is -0.170. The van der Waals surface area contributed by atoms with Gasteiger partial charge in [0.1, 0.15) is 0 Å². The molecule has 5 nitrogen and oxygen atoms in total. The van der Waals surface area contributed by atoms with Crippen molar-refractivity contribution in [2.45, 2.75) is 19.4 Å². The third kappa shape index (κ3) is 3.91. The van der Waals surface area contributed by atoms with Crippen molar-refractivity contribution < 1.29 is 13.5 Å². The first kappa shape index (κ1) is 11.9. The summed E-state index contributed by atoms with van der Waals surface area (Å²) in [5.41, 5.74) is 0. The van der Waals surface area contributed by atoms with Gasteiger partial charge in [-0.15, -0.1) is 0 Å². The first-order valence-corrected chi connectivity index (χ1v) is 6.55. The van der Waals surface area contributed by atoms with Gasteiger partial charge >= 0.3 is 0 Å². The zero-order valence-electron chi connectivity index (χ0n) is 8.36. The van der Waals surface area contributed by atoms with Gasteiger partial charge in [0.25, 0.3) is 0 Å². The number of β-amino-alcohol motifs (C(OH)–C–C–N with tert-alkyl or cyclic N) is 1. The molecule has 0 aromatic carbocycles. The Balaban J connectivity index is 2.31. The van der Waals surface area contributed by atoms with Crippen molar-refractivity contribution in [2.24, 2.45) is 5.92 Å². The number of hydrogen-bond donors (Lipinski definition) is 3. The number of aliphatic hydroxyl groups is 1. The predicted octanol–water partition coefficient (Wildman–Crippen LogP) is -1.10. The van der Waals surface area contributed by atoms with Crippen LogP contribution in [-0.2, 0) is 10.0 Å². The van der Waals surface area contributed by atoms with Crippen LogP contribution in [0.25, 0.3) is 0 Å². The van der Waals surface area contributed by atoms with Crippen LogP contribution in [0, 0.1) is 5.92 Å². The van der Waals surface area contributed by atoms with E-state index in [1.54, 1.807) is 6.92 Å². The fourth-order valence-electron chi connectivity index (χ4n) is 1.51. The van der Waals surface area contributed by atoms with E-state index < -0.39 is 10.0 Å². The Morgan fingerprint density at radius 3 is 2.79 bits per heavy atom. The predicted molar refractivity (Wildman–Crippen MR) is 54.4 cm³/mol. The van der Waals surface area contributed by atoms with E-state index >= 15 is 0 Å². The van der Waals surface area contributed by atoms with Gasteiger partial charge in [-0.1, -0.05) is 0 Å². The van der Waals surface area contributed by atoms with Crippen molar-refractivity contribution in [3.05, 3.63) is 0 Å². The summed E-state index contributed by atoms with van der Waals surface area (Å²) in [6.45, 7) is 3.40. The van der Waals surface area contributed by atoms with Crippen LogP contribution in [0.1, 0.15) is 13.3 Å². The van der Waals surface area contributed by atoms with Gasteiger partial charge in [0.2, 0.25) is 10.0 Å². The fraction of sp³-hybridized carbons (Fsp3) is 1.00. The Labute approximate surface area is 84.9 Å². The zero-order chi connectivity index (χ0) is 10.6. The molecule has 1 aliphatic rings. The second-order valence-electron chi connectivity index (χ2n) is 3.67. The summed E-state index contributed by atoms with van der Waals surface area (Å²) in [6, 6.07) is 0. The van der Waals surface area contributed by atoms with E-state index in [-0.39, 0.29) is 17.8 Å². The Bertz CT molecular complexity index is 266. The van der Waals surface area contributed by atoms with E-state index in [2.05, 4.69) is 10.0 Å². The number of aliphatic hydroxyl groups excluding tert-OH is 1. The third-order valence-corrected chi connectivity index (χ3v) is 3.76. The average Bonchev–Trinajstić information content (AvgIpc) is 2.15. The van der Waals surface area contributed by atoms with Gasteiger partial charge in [0.05, 0.1) is 11.9 Å². The lowest BCUT2D eigenvalue weighted by molar-refractivity contribution is 0.115. The van der Waals surface area contributed by atoms with Crippen LogP contribution in [0.5, 0.6) is 0 Å². The third-order valence-electron chi connectivity index (χ3n) is 2.39. The first-order chi connectivity index (χ1) is 6.53. The number of piperidine rings is 1. The lowest BCUT2D eigenvalue weighted by Gasteiger charge is -2.26. The van der Waals surface area contributed by atoms with Crippen LogP contribution in [0.4, 0.5) is 0 Å². The maximum absolute atomic E-state index is 11.1. The quantitative estimate of drug-likeness (QED) is 0.564. The summed E-state index contributed by atoms with van der Waals surface area (Å²) in [5, 5.41) is 12.4. The highest BCUT2D eigenvalue weighted by atomic mass is 32.2. The lowest BCUT2D eigenvalue weighted by Crippen LogP contribution is -2.44. The molecule has 0 spiro atoms. The Kier molecular flexibility index (Phi) is 4.31. The lowest BCUT2D eigenvalue weighted by atomic mass is 9.98. The number of nitrogens with one attached hydrogen (secondary N) is 2. The van der Waals surface area contributed by atoms with Crippen LogP contribution in [0.2, 0.25) is 0 Å². The van der Waals surface area contributed by atoms with Crippen LogP contribution >= 0.6 is 0 Å². The molecule has 0 saturated carbocycles. The molecule has 0 aromatic heterocycles. The Morgan fingerprint density at radius 1 is 1.50 bits per heavy atom. The average molecular weight is 222 g/mol. The highest BCUT2D eigenvalue weighted by molar-refractivity contribution is 7.89. The molecule has 1 saturated heterocycles. The van der Waals surface area contributed by atoms with Crippen molar-refractivity contribution in [1.82, 2.24) is 10.0 Å². The minimum atomic E-state index is -3.10. The minimum absolute atomic E-state index is 0.107. The highest BCUT2D eigenvalue weighted by Gasteiger charge is 2.20. The smallest absolute Gasteiger partial charge is 0.211 e. The second kappa shape index (κ2) is 5.06. The van der Waals surface area contributed by atoms with Gasteiger partial charge in [-0.25, -0.2) is 13.1 Å². The van der Waals surface area contributed by atoms with E-state index in [1.807, 2.05) is 0 Å². The molecule has 1 rings (SSSR count). The van der Waals surface area contributed by atoms with Crippen molar-refractivity contribution in [3.8, 4) is 0 Å². The normalized spacial score (nSPS) is 29.0. The highest BCUT2D eigenvalue weighted by Crippen LogP contribution is 2.09. The summed E-state index contributed by atoms with van der Waals surface area (Å²) < 4.78 is 24.8. The minimum Gasteiger partial charge on any atom is -0.392 e. The molecule has 0 radical (unpaired) electrons. The molecule has 0 bridgehead atoms. The molecule has 0 aromatic rings. The molecule has 14 heavy (non-hydrogen) atoms. The van der Waals surface area contributed by atoms with Gasteiger partial charge in [-0.3, -0.25) is 0 Å². The van der Waals surface area contributed by atoms with Crippen molar-refractivity contribution in [1.29, 1.82) is 0 Å². The molecule has 3 N–H and O–H groups in total. The van der Waals surface area contributed by atoms with Crippen LogP contribution in [0.15, 0.2) is 0 Å². The number of hydrogen-bond acceptors (Lipinski definition) is 4. The summed E-state index contributed by atoms with van der Waals surface area (Å²) >= 11 is 0. The molecule has 2 atom stereocenters. The largest absolute Gasteiger partial charge is 0.392 e. The first-order valence-electron chi connectivity index (χ1n) is 4.89. The van der Waals surface area contributed by atoms with Gasteiger partial charge in [-0.05, 0) is 25.8 Å².